The number of amides is 1. The first-order chi connectivity index (χ1) is 13.1. The molecular weight excluding hydrogens is 384 g/mol. The van der Waals surface area contributed by atoms with Crippen molar-refractivity contribution in [3.63, 3.8) is 0 Å². The minimum atomic E-state index is -0.439. The fourth-order valence-electron chi connectivity index (χ4n) is 2.58. The van der Waals surface area contributed by atoms with Gasteiger partial charge in [-0.15, -0.1) is 22.7 Å². The number of thiophene rings is 2. The number of benzene rings is 1. The van der Waals surface area contributed by atoms with Crippen molar-refractivity contribution in [3.05, 3.63) is 68.2 Å². The molecule has 2 aromatic heterocycles. The standard InChI is InChI=1S/C19H18N2O4S2/c1-2-20(12-15-5-3-9-26-15)19(22)13-25-17-8-7-14(21(23)24)11-16(17)18-6-4-10-27-18/h3-11H,2,12-13H2,1H3. The van der Waals surface area contributed by atoms with Crippen molar-refractivity contribution in [1.29, 1.82) is 0 Å². The SMILES string of the molecule is CCN(Cc1cccs1)C(=O)COc1ccc([N+](=O)[O-])cc1-c1cccs1. The van der Waals surface area contributed by atoms with E-state index in [-0.39, 0.29) is 18.2 Å². The van der Waals surface area contributed by atoms with Gasteiger partial charge in [0.2, 0.25) is 0 Å². The summed E-state index contributed by atoms with van der Waals surface area (Å²) in [6, 6.07) is 12.1. The lowest BCUT2D eigenvalue weighted by Crippen LogP contribution is -2.34. The van der Waals surface area contributed by atoms with Crippen LogP contribution in [0.1, 0.15) is 11.8 Å². The summed E-state index contributed by atoms with van der Waals surface area (Å²) >= 11 is 3.07. The van der Waals surface area contributed by atoms with E-state index in [9.17, 15) is 14.9 Å². The number of likely N-dealkylation sites (N-methyl/N-ethyl adjacent to an activating group) is 1. The van der Waals surface area contributed by atoms with Gasteiger partial charge in [-0.1, -0.05) is 12.1 Å². The Morgan fingerprint density at radius 3 is 2.59 bits per heavy atom. The van der Waals surface area contributed by atoms with Crippen molar-refractivity contribution in [2.45, 2.75) is 13.5 Å². The minimum Gasteiger partial charge on any atom is -0.483 e. The van der Waals surface area contributed by atoms with Crippen molar-refractivity contribution >= 4 is 34.3 Å². The van der Waals surface area contributed by atoms with Gasteiger partial charge < -0.3 is 9.64 Å². The predicted octanol–water partition coefficient (Wildman–Crippen LogP) is 4.81. The molecule has 6 nitrogen and oxygen atoms in total. The van der Waals surface area contributed by atoms with E-state index in [1.807, 2.05) is 41.9 Å². The zero-order valence-corrected chi connectivity index (χ0v) is 16.3. The van der Waals surface area contributed by atoms with Crippen molar-refractivity contribution in [3.8, 4) is 16.2 Å². The van der Waals surface area contributed by atoms with Crippen LogP contribution in [0.2, 0.25) is 0 Å². The molecule has 0 aliphatic rings. The van der Waals surface area contributed by atoms with Crippen LogP contribution < -0.4 is 4.74 Å². The maximum atomic E-state index is 12.5. The number of non-ortho nitro benzene ring substituents is 1. The van der Waals surface area contributed by atoms with E-state index >= 15 is 0 Å². The van der Waals surface area contributed by atoms with Crippen molar-refractivity contribution < 1.29 is 14.5 Å². The lowest BCUT2D eigenvalue weighted by atomic mass is 10.1. The van der Waals surface area contributed by atoms with Crippen LogP contribution in [0.15, 0.2) is 53.2 Å². The van der Waals surface area contributed by atoms with E-state index in [1.54, 1.807) is 22.3 Å². The normalized spacial score (nSPS) is 10.6. The van der Waals surface area contributed by atoms with Gasteiger partial charge in [0.15, 0.2) is 6.61 Å². The maximum Gasteiger partial charge on any atom is 0.270 e. The summed E-state index contributed by atoms with van der Waals surface area (Å²) in [4.78, 5) is 26.9. The molecule has 0 aliphatic carbocycles. The van der Waals surface area contributed by atoms with E-state index in [2.05, 4.69) is 0 Å². The van der Waals surface area contributed by atoms with Gasteiger partial charge in [-0.25, -0.2) is 0 Å². The van der Waals surface area contributed by atoms with Gasteiger partial charge in [0.05, 0.1) is 11.5 Å². The molecule has 1 amide bonds. The number of rotatable bonds is 8. The number of nitro benzene ring substituents is 1. The summed E-state index contributed by atoms with van der Waals surface area (Å²) < 4.78 is 5.76. The molecule has 0 saturated heterocycles. The Bertz CT molecular complexity index is 908. The first kappa shape index (κ1) is 19.1. The molecule has 0 spiro atoms. The van der Waals surface area contributed by atoms with Crippen LogP contribution in [0.5, 0.6) is 5.75 Å². The van der Waals surface area contributed by atoms with Gasteiger partial charge in [0, 0.05) is 34.0 Å². The highest BCUT2D eigenvalue weighted by Gasteiger charge is 2.17. The Balaban J connectivity index is 1.74. The van der Waals surface area contributed by atoms with E-state index < -0.39 is 4.92 Å². The second-order valence-corrected chi connectivity index (χ2v) is 7.67. The van der Waals surface area contributed by atoms with E-state index in [4.69, 9.17) is 4.74 Å². The van der Waals surface area contributed by atoms with E-state index in [0.29, 0.717) is 24.4 Å². The van der Waals surface area contributed by atoms with Gasteiger partial charge in [0.25, 0.3) is 11.6 Å². The van der Waals surface area contributed by atoms with E-state index in [1.165, 1.54) is 23.5 Å². The molecule has 3 aromatic rings. The number of hydrogen-bond donors (Lipinski definition) is 0. The van der Waals surface area contributed by atoms with Crippen molar-refractivity contribution in [1.82, 2.24) is 4.90 Å². The molecule has 0 atom stereocenters. The first-order valence-corrected chi connectivity index (χ1v) is 10.1. The number of nitro groups is 1. The Hall–Kier alpha value is -2.71. The van der Waals surface area contributed by atoms with Gasteiger partial charge in [-0.2, -0.15) is 0 Å². The molecule has 0 unspecified atom stereocenters. The van der Waals surface area contributed by atoms with Crippen LogP contribution in [0.3, 0.4) is 0 Å². The summed E-state index contributed by atoms with van der Waals surface area (Å²) in [6.07, 6.45) is 0. The van der Waals surface area contributed by atoms with Crippen LogP contribution in [-0.2, 0) is 11.3 Å². The molecule has 3 rings (SSSR count). The summed E-state index contributed by atoms with van der Waals surface area (Å²) in [5.74, 6) is 0.338. The number of nitrogens with zero attached hydrogens (tertiary/aromatic N) is 2. The monoisotopic (exact) mass is 402 g/mol. The largest absolute Gasteiger partial charge is 0.483 e. The third-order valence-corrected chi connectivity index (χ3v) is 5.74. The molecule has 2 heterocycles. The molecule has 27 heavy (non-hydrogen) atoms. The summed E-state index contributed by atoms with van der Waals surface area (Å²) in [5.41, 5.74) is 0.610. The van der Waals surface area contributed by atoms with Crippen LogP contribution >= 0.6 is 22.7 Å². The molecule has 8 heteroatoms. The third-order valence-electron chi connectivity index (χ3n) is 3.97. The lowest BCUT2D eigenvalue weighted by Gasteiger charge is -2.20. The topological polar surface area (TPSA) is 72.7 Å². The maximum absolute atomic E-state index is 12.5. The van der Waals surface area contributed by atoms with Gasteiger partial charge in [-0.05, 0) is 35.9 Å². The molecular formula is C19H18N2O4S2. The zero-order chi connectivity index (χ0) is 19.2. The Labute approximate surface area is 164 Å². The molecule has 0 saturated carbocycles. The molecule has 0 N–H and O–H groups in total. The molecule has 140 valence electrons. The van der Waals surface area contributed by atoms with Crippen molar-refractivity contribution in [2.24, 2.45) is 0 Å². The lowest BCUT2D eigenvalue weighted by molar-refractivity contribution is -0.384. The Kier molecular flexibility index (Phi) is 6.20. The summed E-state index contributed by atoms with van der Waals surface area (Å²) in [5, 5.41) is 15.0. The Morgan fingerprint density at radius 1 is 1.19 bits per heavy atom. The average molecular weight is 402 g/mol. The summed E-state index contributed by atoms with van der Waals surface area (Å²) in [7, 11) is 0. The van der Waals surface area contributed by atoms with E-state index in [0.717, 1.165) is 9.75 Å². The minimum absolute atomic E-state index is 0.00930. The Morgan fingerprint density at radius 2 is 1.96 bits per heavy atom. The predicted molar refractivity (Wildman–Crippen MR) is 107 cm³/mol. The summed E-state index contributed by atoms with van der Waals surface area (Å²) in [6.45, 7) is 2.94. The second kappa shape index (κ2) is 8.79. The first-order valence-electron chi connectivity index (χ1n) is 8.33. The van der Waals surface area contributed by atoms with Crippen LogP contribution in [0, 0.1) is 10.1 Å². The highest BCUT2D eigenvalue weighted by Crippen LogP contribution is 2.36. The molecule has 1 aromatic carbocycles. The van der Waals surface area contributed by atoms with Crippen LogP contribution in [-0.4, -0.2) is 28.9 Å². The highest BCUT2D eigenvalue weighted by molar-refractivity contribution is 7.13. The van der Waals surface area contributed by atoms with Crippen LogP contribution in [0.4, 0.5) is 5.69 Å². The smallest absolute Gasteiger partial charge is 0.270 e. The number of carbonyl (C=O) groups is 1. The molecule has 0 radical (unpaired) electrons. The number of ether oxygens (including phenoxy) is 1. The third kappa shape index (κ3) is 4.72. The molecule has 0 aliphatic heterocycles. The number of carbonyl (C=O) groups excluding carboxylic acids is 1. The highest BCUT2D eigenvalue weighted by atomic mass is 32.1. The number of hydrogen-bond acceptors (Lipinski definition) is 6. The fourth-order valence-corrected chi connectivity index (χ4v) is 4.05. The second-order valence-electron chi connectivity index (χ2n) is 5.69. The molecule has 0 bridgehead atoms. The van der Waals surface area contributed by atoms with Gasteiger partial charge in [-0.3, -0.25) is 14.9 Å². The van der Waals surface area contributed by atoms with Crippen molar-refractivity contribution in [2.75, 3.05) is 13.2 Å². The quantitative estimate of drug-likeness (QED) is 0.400. The fraction of sp³-hybridized carbons (Fsp3) is 0.211. The van der Waals surface area contributed by atoms with Gasteiger partial charge in [0.1, 0.15) is 5.75 Å². The average Bonchev–Trinajstić information content (AvgIpc) is 3.37. The molecule has 0 fully saturated rings. The zero-order valence-electron chi connectivity index (χ0n) is 14.7. The van der Waals surface area contributed by atoms with Gasteiger partial charge >= 0.3 is 0 Å². The van der Waals surface area contributed by atoms with Crippen LogP contribution in [0.25, 0.3) is 10.4 Å².